The van der Waals surface area contributed by atoms with Crippen molar-refractivity contribution >= 4 is 39.7 Å². The number of thiocarbonyl (C=S) groups is 1. The molecule has 1 aliphatic heterocycles. The molecule has 2 aromatic carbocycles. The van der Waals surface area contributed by atoms with Gasteiger partial charge in [-0.3, -0.25) is 9.78 Å². The molecule has 0 bridgehead atoms. The summed E-state index contributed by atoms with van der Waals surface area (Å²) >= 11 is 5.69. The number of rotatable bonds is 6. The third-order valence-electron chi connectivity index (χ3n) is 6.01. The monoisotopic (exact) mass is 455 g/mol. The second-order valence-corrected chi connectivity index (χ2v) is 8.63. The molecule has 2 aromatic heterocycles. The lowest BCUT2D eigenvalue weighted by atomic mass is 10.0. The molecule has 3 heterocycles. The van der Waals surface area contributed by atoms with E-state index < -0.39 is 0 Å². The van der Waals surface area contributed by atoms with Gasteiger partial charge < -0.3 is 20.5 Å². The minimum atomic E-state index is -0.0992. The zero-order valence-electron chi connectivity index (χ0n) is 18.3. The average molecular weight is 456 g/mol. The Balaban J connectivity index is 1.35. The fourth-order valence-corrected chi connectivity index (χ4v) is 4.78. The van der Waals surface area contributed by atoms with Crippen molar-refractivity contribution in [3.05, 3.63) is 96.1 Å². The van der Waals surface area contributed by atoms with Crippen LogP contribution in [0.15, 0.2) is 79.0 Å². The predicted octanol–water partition coefficient (Wildman–Crippen LogP) is 4.87. The molecule has 0 saturated carbocycles. The molecule has 5 rings (SSSR count). The third-order valence-corrected chi connectivity index (χ3v) is 6.37. The first-order valence-corrected chi connectivity index (χ1v) is 11.4. The van der Waals surface area contributed by atoms with Crippen molar-refractivity contribution in [3.63, 3.8) is 0 Å². The summed E-state index contributed by atoms with van der Waals surface area (Å²) in [5.41, 5.74) is 3.86. The summed E-state index contributed by atoms with van der Waals surface area (Å²) in [5, 5.41) is 9.25. The summed E-state index contributed by atoms with van der Waals surface area (Å²) < 4.78 is 0. The molecule has 0 unspecified atom stereocenters. The number of carbonyl (C=O) groups is 1. The van der Waals surface area contributed by atoms with Gasteiger partial charge in [-0.2, -0.15) is 0 Å². The van der Waals surface area contributed by atoms with Gasteiger partial charge in [0.25, 0.3) is 0 Å². The lowest BCUT2D eigenvalue weighted by molar-refractivity contribution is -0.116. The fourth-order valence-electron chi connectivity index (χ4n) is 4.45. The average Bonchev–Trinajstić information content (AvgIpc) is 3.41. The molecule has 0 spiro atoms. The number of nitrogens with zero attached hydrogens (tertiary/aromatic N) is 2. The van der Waals surface area contributed by atoms with Gasteiger partial charge in [0.2, 0.25) is 5.91 Å². The highest BCUT2D eigenvalue weighted by Crippen LogP contribution is 2.38. The number of nitrogens with one attached hydrogen (secondary N) is 3. The van der Waals surface area contributed by atoms with E-state index in [4.69, 9.17) is 12.2 Å². The minimum absolute atomic E-state index is 0.0446. The second-order valence-electron chi connectivity index (χ2n) is 8.24. The standard InChI is InChI=1S/C26H25N5OS/c1-17-12-13-22(28-17)25-24(21-10-4-5-15-27-21)30-26(33)31(25)16-14-23(32)29-20-11-6-8-18-7-2-3-9-19(18)20/h2-13,15,24-25,28H,14,16H2,1H3,(H,29,32)(H,30,33)/t24-,25+/m1/s1. The van der Waals surface area contributed by atoms with Gasteiger partial charge in [0, 0.05) is 41.6 Å². The molecule has 4 aromatic rings. The van der Waals surface area contributed by atoms with E-state index in [1.54, 1.807) is 6.20 Å². The Labute approximate surface area is 198 Å². The van der Waals surface area contributed by atoms with Crippen LogP contribution in [-0.4, -0.2) is 32.4 Å². The first kappa shape index (κ1) is 21.2. The molecule has 0 aliphatic carbocycles. The zero-order valence-corrected chi connectivity index (χ0v) is 19.1. The first-order chi connectivity index (χ1) is 16.1. The maximum absolute atomic E-state index is 12.9. The Kier molecular flexibility index (Phi) is 5.79. The van der Waals surface area contributed by atoms with Crippen molar-refractivity contribution in [1.82, 2.24) is 20.2 Å². The number of H-pyrrole nitrogens is 1. The van der Waals surface area contributed by atoms with Crippen LogP contribution in [0.25, 0.3) is 10.8 Å². The van der Waals surface area contributed by atoms with Gasteiger partial charge in [0.05, 0.1) is 17.8 Å². The van der Waals surface area contributed by atoms with Gasteiger partial charge in [0.1, 0.15) is 0 Å². The second kappa shape index (κ2) is 9.03. The summed E-state index contributed by atoms with van der Waals surface area (Å²) in [6.07, 6.45) is 2.10. The lowest BCUT2D eigenvalue weighted by Crippen LogP contribution is -2.32. The van der Waals surface area contributed by atoms with Gasteiger partial charge >= 0.3 is 0 Å². The van der Waals surface area contributed by atoms with Crippen LogP contribution in [0.2, 0.25) is 0 Å². The Bertz CT molecular complexity index is 1300. The molecule has 1 saturated heterocycles. The topological polar surface area (TPSA) is 73.1 Å². The number of aromatic amines is 1. The van der Waals surface area contributed by atoms with Crippen molar-refractivity contribution < 1.29 is 4.79 Å². The SMILES string of the molecule is Cc1ccc([C@H]2[C@@H](c3ccccn3)NC(=S)N2CCC(=O)Nc2cccc3ccccc23)[nH]1. The normalized spacial score (nSPS) is 17.8. The van der Waals surface area contributed by atoms with Crippen LogP contribution in [-0.2, 0) is 4.79 Å². The van der Waals surface area contributed by atoms with E-state index in [0.29, 0.717) is 18.1 Å². The largest absolute Gasteiger partial charge is 0.361 e. The van der Waals surface area contributed by atoms with E-state index in [1.807, 2.05) is 67.6 Å². The summed E-state index contributed by atoms with van der Waals surface area (Å²) in [5.74, 6) is -0.0446. The van der Waals surface area contributed by atoms with Crippen molar-refractivity contribution in [2.24, 2.45) is 0 Å². The minimum Gasteiger partial charge on any atom is -0.361 e. The number of aryl methyl sites for hydroxylation is 1. The molecular weight excluding hydrogens is 430 g/mol. The molecule has 3 N–H and O–H groups in total. The van der Waals surface area contributed by atoms with Gasteiger partial charge in [-0.1, -0.05) is 42.5 Å². The van der Waals surface area contributed by atoms with E-state index in [9.17, 15) is 4.79 Å². The highest BCUT2D eigenvalue weighted by molar-refractivity contribution is 7.80. The highest BCUT2D eigenvalue weighted by Gasteiger charge is 2.40. The molecule has 2 atom stereocenters. The first-order valence-electron chi connectivity index (χ1n) is 11.0. The van der Waals surface area contributed by atoms with Crippen molar-refractivity contribution in [1.29, 1.82) is 0 Å². The van der Waals surface area contributed by atoms with Crippen LogP contribution in [0.5, 0.6) is 0 Å². The van der Waals surface area contributed by atoms with Crippen molar-refractivity contribution in [2.45, 2.75) is 25.4 Å². The van der Waals surface area contributed by atoms with Crippen LogP contribution in [0, 0.1) is 6.92 Å². The summed E-state index contributed by atoms with van der Waals surface area (Å²) in [4.78, 5) is 23.0. The maximum Gasteiger partial charge on any atom is 0.226 e. The van der Waals surface area contributed by atoms with Gasteiger partial charge in [-0.25, -0.2) is 0 Å². The van der Waals surface area contributed by atoms with Gasteiger partial charge in [0.15, 0.2) is 5.11 Å². The van der Waals surface area contributed by atoms with Crippen LogP contribution in [0.1, 0.15) is 35.6 Å². The quantitative estimate of drug-likeness (QED) is 0.362. The van der Waals surface area contributed by atoms with E-state index in [0.717, 1.165) is 33.5 Å². The molecule has 0 radical (unpaired) electrons. The van der Waals surface area contributed by atoms with Crippen LogP contribution >= 0.6 is 12.2 Å². The lowest BCUT2D eigenvalue weighted by Gasteiger charge is -2.26. The predicted molar refractivity (Wildman–Crippen MR) is 135 cm³/mol. The Morgan fingerprint density at radius 1 is 1.06 bits per heavy atom. The number of hydrogen-bond donors (Lipinski definition) is 3. The number of fused-ring (bicyclic) bond motifs is 1. The Morgan fingerprint density at radius 2 is 1.88 bits per heavy atom. The summed E-state index contributed by atoms with van der Waals surface area (Å²) in [6.45, 7) is 2.52. The van der Waals surface area contributed by atoms with Crippen LogP contribution < -0.4 is 10.6 Å². The van der Waals surface area contributed by atoms with Crippen molar-refractivity contribution in [2.75, 3.05) is 11.9 Å². The van der Waals surface area contributed by atoms with E-state index in [-0.39, 0.29) is 18.0 Å². The zero-order chi connectivity index (χ0) is 22.8. The molecule has 1 aliphatic rings. The van der Waals surface area contributed by atoms with E-state index in [2.05, 4.69) is 37.6 Å². The molecular formula is C26H25N5OS. The van der Waals surface area contributed by atoms with Gasteiger partial charge in [-0.05, 0) is 54.9 Å². The molecule has 1 fully saturated rings. The fraction of sp³-hybridized carbons (Fsp3) is 0.192. The number of pyridine rings is 1. The molecule has 6 nitrogen and oxygen atoms in total. The smallest absolute Gasteiger partial charge is 0.226 e. The molecule has 1 amide bonds. The van der Waals surface area contributed by atoms with Gasteiger partial charge in [-0.15, -0.1) is 0 Å². The third kappa shape index (κ3) is 4.32. The summed E-state index contributed by atoms with van der Waals surface area (Å²) in [6, 6.07) is 23.8. The van der Waals surface area contributed by atoms with Crippen molar-refractivity contribution in [3.8, 4) is 0 Å². The summed E-state index contributed by atoms with van der Waals surface area (Å²) in [7, 11) is 0. The number of anilines is 1. The number of hydrogen-bond acceptors (Lipinski definition) is 3. The number of amides is 1. The number of carbonyl (C=O) groups excluding carboxylic acids is 1. The molecule has 7 heteroatoms. The maximum atomic E-state index is 12.9. The van der Waals surface area contributed by atoms with E-state index in [1.165, 1.54) is 0 Å². The molecule has 166 valence electrons. The van der Waals surface area contributed by atoms with E-state index >= 15 is 0 Å². The Morgan fingerprint density at radius 3 is 2.67 bits per heavy atom. The Hall–Kier alpha value is -3.71. The number of aromatic nitrogens is 2. The number of benzene rings is 2. The van der Waals surface area contributed by atoms with Crippen LogP contribution in [0.3, 0.4) is 0 Å². The van der Waals surface area contributed by atoms with Crippen LogP contribution in [0.4, 0.5) is 5.69 Å². The molecule has 33 heavy (non-hydrogen) atoms. The highest BCUT2D eigenvalue weighted by atomic mass is 32.1.